The van der Waals surface area contributed by atoms with Gasteiger partial charge in [-0.1, -0.05) is 18.2 Å². The SMILES string of the molecule is COc1cc(OC)cc(C(=O)N2CCC(C(=O)NCC(c3ccccc3OC)N3CCCC3)CC2)c1. The molecule has 0 spiro atoms. The molecule has 194 valence electrons. The number of hydrogen-bond acceptors (Lipinski definition) is 6. The molecule has 0 radical (unpaired) electrons. The van der Waals surface area contributed by atoms with Crippen molar-refractivity contribution in [1.82, 2.24) is 15.1 Å². The predicted molar refractivity (Wildman–Crippen MR) is 138 cm³/mol. The highest BCUT2D eigenvalue weighted by Gasteiger charge is 2.30. The Balaban J connectivity index is 1.35. The van der Waals surface area contributed by atoms with Gasteiger partial charge in [0, 0.05) is 42.7 Å². The Kier molecular flexibility index (Phi) is 8.70. The number of methoxy groups -OCH3 is 3. The molecule has 2 saturated heterocycles. The zero-order valence-electron chi connectivity index (χ0n) is 21.5. The molecular weight excluding hydrogens is 458 g/mol. The Morgan fingerprint density at radius 1 is 0.917 bits per heavy atom. The molecule has 2 fully saturated rings. The van der Waals surface area contributed by atoms with Gasteiger partial charge in [-0.3, -0.25) is 14.5 Å². The van der Waals surface area contributed by atoms with Crippen LogP contribution in [0.5, 0.6) is 17.2 Å². The van der Waals surface area contributed by atoms with Crippen molar-refractivity contribution in [3.8, 4) is 17.2 Å². The Labute approximate surface area is 213 Å². The summed E-state index contributed by atoms with van der Waals surface area (Å²) in [5, 5.41) is 3.21. The summed E-state index contributed by atoms with van der Waals surface area (Å²) in [5.74, 6) is 1.89. The molecule has 2 amide bonds. The number of benzene rings is 2. The summed E-state index contributed by atoms with van der Waals surface area (Å²) in [6.07, 6.45) is 3.62. The van der Waals surface area contributed by atoms with Gasteiger partial charge >= 0.3 is 0 Å². The average Bonchev–Trinajstić information content (AvgIpc) is 3.47. The molecule has 0 bridgehead atoms. The predicted octanol–water partition coefficient (Wildman–Crippen LogP) is 3.52. The maximum absolute atomic E-state index is 13.1. The Morgan fingerprint density at radius 2 is 1.56 bits per heavy atom. The van der Waals surface area contributed by atoms with Gasteiger partial charge in [0.25, 0.3) is 5.91 Å². The monoisotopic (exact) mass is 495 g/mol. The van der Waals surface area contributed by atoms with Gasteiger partial charge in [-0.2, -0.15) is 0 Å². The van der Waals surface area contributed by atoms with Crippen LogP contribution in [0.1, 0.15) is 47.6 Å². The van der Waals surface area contributed by atoms with Gasteiger partial charge in [0.15, 0.2) is 0 Å². The minimum absolute atomic E-state index is 0.0595. The third-order valence-electron chi connectivity index (χ3n) is 7.30. The molecule has 1 atom stereocenters. The van der Waals surface area contributed by atoms with Crippen LogP contribution in [0.4, 0.5) is 0 Å². The van der Waals surface area contributed by atoms with E-state index >= 15 is 0 Å². The smallest absolute Gasteiger partial charge is 0.254 e. The summed E-state index contributed by atoms with van der Waals surface area (Å²) < 4.78 is 16.2. The van der Waals surface area contributed by atoms with Crippen molar-refractivity contribution in [3.63, 3.8) is 0 Å². The van der Waals surface area contributed by atoms with Crippen LogP contribution in [-0.2, 0) is 4.79 Å². The van der Waals surface area contributed by atoms with Crippen molar-refractivity contribution in [1.29, 1.82) is 0 Å². The number of nitrogens with zero attached hydrogens (tertiary/aromatic N) is 2. The first-order chi connectivity index (χ1) is 17.5. The molecule has 4 rings (SSSR count). The quantitative estimate of drug-likeness (QED) is 0.574. The molecule has 8 heteroatoms. The van der Waals surface area contributed by atoms with Crippen LogP contribution in [0.2, 0.25) is 0 Å². The molecule has 1 unspecified atom stereocenters. The summed E-state index contributed by atoms with van der Waals surface area (Å²) in [7, 11) is 4.82. The maximum Gasteiger partial charge on any atom is 0.254 e. The van der Waals surface area contributed by atoms with E-state index in [4.69, 9.17) is 14.2 Å². The average molecular weight is 496 g/mol. The summed E-state index contributed by atoms with van der Waals surface area (Å²) in [6, 6.07) is 13.3. The second kappa shape index (κ2) is 12.1. The summed E-state index contributed by atoms with van der Waals surface area (Å²) in [6.45, 7) is 3.67. The number of ether oxygens (including phenoxy) is 3. The third-order valence-corrected chi connectivity index (χ3v) is 7.30. The van der Waals surface area contributed by atoms with E-state index in [2.05, 4.69) is 16.3 Å². The highest BCUT2D eigenvalue weighted by Crippen LogP contribution is 2.31. The number of rotatable bonds is 9. The van der Waals surface area contributed by atoms with E-state index in [-0.39, 0.29) is 23.8 Å². The fraction of sp³-hybridized carbons (Fsp3) is 0.500. The first-order valence-corrected chi connectivity index (χ1v) is 12.7. The summed E-state index contributed by atoms with van der Waals surface area (Å²) in [5.41, 5.74) is 1.63. The molecular formula is C28H37N3O5. The number of likely N-dealkylation sites (tertiary alicyclic amines) is 2. The topological polar surface area (TPSA) is 80.3 Å². The second-order valence-corrected chi connectivity index (χ2v) is 9.41. The van der Waals surface area contributed by atoms with Crippen molar-refractivity contribution in [2.24, 2.45) is 5.92 Å². The number of piperidine rings is 1. The van der Waals surface area contributed by atoms with Crippen LogP contribution in [-0.4, -0.2) is 75.7 Å². The van der Waals surface area contributed by atoms with Crippen molar-refractivity contribution < 1.29 is 23.8 Å². The molecule has 2 aromatic carbocycles. The minimum atomic E-state index is -0.106. The summed E-state index contributed by atoms with van der Waals surface area (Å²) in [4.78, 5) is 30.4. The fourth-order valence-electron chi connectivity index (χ4n) is 5.23. The van der Waals surface area contributed by atoms with Gasteiger partial charge in [0.2, 0.25) is 5.91 Å². The molecule has 1 N–H and O–H groups in total. The lowest BCUT2D eigenvalue weighted by Gasteiger charge is -2.33. The van der Waals surface area contributed by atoms with Crippen LogP contribution < -0.4 is 19.5 Å². The van der Waals surface area contributed by atoms with Crippen molar-refractivity contribution in [3.05, 3.63) is 53.6 Å². The number of carbonyl (C=O) groups excluding carboxylic acids is 2. The molecule has 0 aliphatic carbocycles. The molecule has 2 heterocycles. The number of hydrogen-bond donors (Lipinski definition) is 1. The van der Waals surface area contributed by atoms with Gasteiger partial charge in [0.05, 0.1) is 27.4 Å². The zero-order valence-corrected chi connectivity index (χ0v) is 21.5. The number of nitrogens with one attached hydrogen (secondary N) is 1. The standard InChI is InChI=1S/C28H37N3O5/c1-34-22-16-21(17-23(18-22)35-2)28(33)31-14-10-20(11-15-31)27(32)29-19-25(30-12-6-7-13-30)24-8-4-5-9-26(24)36-3/h4-5,8-9,16-18,20,25H,6-7,10-15,19H2,1-3H3,(H,29,32). The molecule has 36 heavy (non-hydrogen) atoms. The van der Waals surface area contributed by atoms with Crippen LogP contribution in [0, 0.1) is 5.92 Å². The van der Waals surface area contributed by atoms with Crippen LogP contribution >= 0.6 is 0 Å². The lowest BCUT2D eigenvalue weighted by Crippen LogP contribution is -2.44. The Hall–Kier alpha value is -3.26. The number of amides is 2. The van der Waals surface area contributed by atoms with Crippen LogP contribution in [0.15, 0.2) is 42.5 Å². The molecule has 0 aromatic heterocycles. The number of carbonyl (C=O) groups is 2. The van der Waals surface area contributed by atoms with E-state index in [1.165, 1.54) is 12.8 Å². The summed E-state index contributed by atoms with van der Waals surface area (Å²) >= 11 is 0. The molecule has 2 aromatic rings. The van der Waals surface area contributed by atoms with Crippen molar-refractivity contribution >= 4 is 11.8 Å². The van der Waals surface area contributed by atoms with E-state index in [9.17, 15) is 9.59 Å². The second-order valence-electron chi connectivity index (χ2n) is 9.41. The van der Waals surface area contributed by atoms with E-state index in [0.717, 1.165) is 24.4 Å². The highest BCUT2D eigenvalue weighted by molar-refractivity contribution is 5.95. The minimum Gasteiger partial charge on any atom is -0.497 e. The maximum atomic E-state index is 13.1. The van der Waals surface area contributed by atoms with E-state index in [1.807, 2.05) is 18.2 Å². The van der Waals surface area contributed by atoms with Gasteiger partial charge < -0.3 is 24.4 Å². The largest absolute Gasteiger partial charge is 0.497 e. The van der Waals surface area contributed by atoms with E-state index in [1.54, 1.807) is 44.4 Å². The number of para-hydroxylation sites is 1. The Bertz CT molecular complexity index is 1020. The van der Waals surface area contributed by atoms with Crippen molar-refractivity contribution in [2.45, 2.75) is 31.7 Å². The fourth-order valence-corrected chi connectivity index (χ4v) is 5.23. The van der Waals surface area contributed by atoms with Gasteiger partial charge in [0.1, 0.15) is 17.2 Å². The lowest BCUT2D eigenvalue weighted by molar-refractivity contribution is -0.126. The molecule has 0 saturated carbocycles. The lowest BCUT2D eigenvalue weighted by atomic mass is 9.95. The van der Waals surface area contributed by atoms with Crippen molar-refractivity contribution in [2.75, 3.05) is 54.1 Å². The third kappa shape index (κ3) is 5.93. The van der Waals surface area contributed by atoms with Gasteiger partial charge in [-0.05, 0) is 57.0 Å². The zero-order chi connectivity index (χ0) is 25.5. The normalized spacial score (nSPS) is 17.5. The van der Waals surface area contributed by atoms with Crippen LogP contribution in [0.25, 0.3) is 0 Å². The molecule has 8 nitrogen and oxygen atoms in total. The first-order valence-electron chi connectivity index (χ1n) is 12.7. The highest BCUT2D eigenvalue weighted by atomic mass is 16.5. The van der Waals surface area contributed by atoms with E-state index < -0.39 is 0 Å². The molecule has 2 aliphatic heterocycles. The van der Waals surface area contributed by atoms with Gasteiger partial charge in [-0.25, -0.2) is 0 Å². The van der Waals surface area contributed by atoms with E-state index in [0.29, 0.717) is 49.5 Å². The van der Waals surface area contributed by atoms with Gasteiger partial charge in [-0.15, -0.1) is 0 Å². The first kappa shape index (κ1) is 25.8. The Morgan fingerprint density at radius 3 is 2.17 bits per heavy atom. The van der Waals surface area contributed by atoms with Crippen LogP contribution in [0.3, 0.4) is 0 Å². The molecule has 2 aliphatic rings.